The summed E-state index contributed by atoms with van der Waals surface area (Å²) in [5, 5.41) is 11.3. The Labute approximate surface area is 194 Å². The lowest BCUT2D eigenvalue weighted by Crippen LogP contribution is -2.22. The third kappa shape index (κ3) is 4.38. The first-order chi connectivity index (χ1) is 15.6. The fourth-order valence-electron chi connectivity index (χ4n) is 3.91. The molecule has 0 spiro atoms. The van der Waals surface area contributed by atoms with E-state index in [0.717, 1.165) is 33.5 Å². The summed E-state index contributed by atoms with van der Waals surface area (Å²) >= 11 is 7.79. The van der Waals surface area contributed by atoms with Gasteiger partial charge < -0.3 is 10.6 Å². The molecule has 0 bridgehead atoms. The number of anilines is 1. The minimum atomic E-state index is -0.142. The largest absolute Gasteiger partial charge is 0.346 e. The second kappa shape index (κ2) is 8.73. The predicted molar refractivity (Wildman–Crippen MR) is 128 cm³/mol. The predicted octanol–water partition coefficient (Wildman–Crippen LogP) is 5.62. The maximum atomic E-state index is 12.8. The van der Waals surface area contributed by atoms with Crippen molar-refractivity contribution in [1.29, 1.82) is 0 Å². The summed E-state index contributed by atoms with van der Waals surface area (Å²) in [4.78, 5) is 29.5. The van der Waals surface area contributed by atoms with Crippen LogP contribution in [0, 0.1) is 5.92 Å². The summed E-state index contributed by atoms with van der Waals surface area (Å²) in [6.07, 6.45) is 2.49. The van der Waals surface area contributed by atoms with Crippen molar-refractivity contribution in [1.82, 2.24) is 10.3 Å². The van der Waals surface area contributed by atoms with Crippen molar-refractivity contribution < 1.29 is 9.59 Å². The molecule has 2 atom stereocenters. The van der Waals surface area contributed by atoms with Crippen molar-refractivity contribution >= 4 is 51.2 Å². The molecule has 1 aliphatic rings. The van der Waals surface area contributed by atoms with Crippen LogP contribution in [0.1, 0.15) is 33.3 Å². The molecular weight excluding hydrogens is 442 g/mol. The van der Waals surface area contributed by atoms with E-state index >= 15 is 0 Å². The van der Waals surface area contributed by atoms with Gasteiger partial charge in [-0.1, -0.05) is 41.9 Å². The van der Waals surface area contributed by atoms with Crippen molar-refractivity contribution in [3.8, 4) is 0 Å². The molecule has 1 fully saturated rings. The van der Waals surface area contributed by atoms with E-state index in [9.17, 15) is 9.59 Å². The molecule has 3 aromatic carbocycles. The van der Waals surface area contributed by atoms with Crippen LogP contribution in [0.3, 0.4) is 0 Å². The third-order valence-electron chi connectivity index (χ3n) is 5.68. The van der Waals surface area contributed by atoms with E-state index in [4.69, 9.17) is 11.6 Å². The van der Waals surface area contributed by atoms with Gasteiger partial charge in [-0.15, -0.1) is 11.3 Å². The monoisotopic (exact) mass is 461 g/mol. The van der Waals surface area contributed by atoms with Crippen molar-refractivity contribution in [2.45, 2.75) is 18.9 Å². The molecule has 7 heteroatoms. The molecule has 0 saturated heterocycles. The maximum absolute atomic E-state index is 12.8. The zero-order chi connectivity index (χ0) is 22.1. The van der Waals surface area contributed by atoms with Crippen LogP contribution in [0.5, 0.6) is 0 Å². The molecule has 2 amide bonds. The Bertz CT molecular complexity index is 1310. The molecule has 32 heavy (non-hydrogen) atoms. The standard InChI is InChI=1S/C25H20ClN3O2S/c26-22-6-2-3-15-7-8-18(12-20(15)22)29-25(31)21-13-19(21)16-4-1-5-17(11-16)24(30)28-14-23-27-9-10-32-23/h1-12,19,21H,13-14H2,(H,28,30)(H,29,31)/t19-,21+/m0/s1. The minimum absolute atomic E-state index is 0.0139. The Morgan fingerprint density at radius 3 is 2.81 bits per heavy atom. The van der Waals surface area contributed by atoms with E-state index < -0.39 is 0 Å². The lowest BCUT2D eigenvalue weighted by Gasteiger charge is -2.08. The highest BCUT2D eigenvalue weighted by Crippen LogP contribution is 2.48. The number of hydrogen-bond donors (Lipinski definition) is 2. The van der Waals surface area contributed by atoms with Crippen molar-refractivity contribution in [2.24, 2.45) is 5.92 Å². The molecule has 160 valence electrons. The van der Waals surface area contributed by atoms with E-state index in [1.54, 1.807) is 12.3 Å². The second-order valence-electron chi connectivity index (χ2n) is 7.85. The molecule has 1 aromatic heterocycles. The number of nitrogens with one attached hydrogen (secondary N) is 2. The van der Waals surface area contributed by atoms with Gasteiger partial charge in [0.1, 0.15) is 5.01 Å². The lowest BCUT2D eigenvalue weighted by atomic mass is 10.0. The van der Waals surface area contributed by atoms with E-state index in [1.807, 2.05) is 60.0 Å². The topological polar surface area (TPSA) is 71.1 Å². The molecule has 0 radical (unpaired) electrons. The Morgan fingerprint density at radius 1 is 1.09 bits per heavy atom. The van der Waals surface area contributed by atoms with Gasteiger partial charge in [0.05, 0.1) is 6.54 Å². The fraction of sp³-hybridized carbons (Fsp3) is 0.160. The number of aromatic nitrogens is 1. The summed E-state index contributed by atoms with van der Waals surface area (Å²) in [6.45, 7) is 0.408. The van der Waals surface area contributed by atoms with Gasteiger partial charge in [0.15, 0.2) is 0 Å². The first-order valence-electron chi connectivity index (χ1n) is 10.3. The zero-order valence-corrected chi connectivity index (χ0v) is 18.6. The maximum Gasteiger partial charge on any atom is 0.251 e. The Morgan fingerprint density at radius 2 is 1.97 bits per heavy atom. The quantitative estimate of drug-likeness (QED) is 0.391. The Kier molecular flexibility index (Phi) is 5.64. The molecule has 5 nitrogen and oxygen atoms in total. The molecule has 1 saturated carbocycles. The van der Waals surface area contributed by atoms with E-state index in [0.29, 0.717) is 17.1 Å². The zero-order valence-electron chi connectivity index (χ0n) is 17.0. The van der Waals surface area contributed by atoms with Gasteiger partial charge in [0.25, 0.3) is 5.91 Å². The number of rotatable bonds is 6. The van der Waals surface area contributed by atoms with Crippen LogP contribution < -0.4 is 10.6 Å². The van der Waals surface area contributed by atoms with Crippen LogP contribution in [-0.2, 0) is 11.3 Å². The number of hydrogen-bond acceptors (Lipinski definition) is 4. The summed E-state index contributed by atoms with van der Waals surface area (Å²) in [7, 11) is 0. The number of benzene rings is 3. The first kappa shape index (κ1) is 20.7. The fourth-order valence-corrected chi connectivity index (χ4v) is 4.70. The number of carbonyl (C=O) groups excluding carboxylic acids is 2. The SMILES string of the molecule is O=C(NCc1nccs1)c1cccc([C@@H]2C[C@H]2C(=O)Nc2ccc3cccc(Cl)c3c2)c1. The van der Waals surface area contributed by atoms with Crippen LogP contribution in [0.4, 0.5) is 5.69 Å². The first-order valence-corrected chi connectivity index (χ1v) is 11.6. The average Bonchev–Trinajstić information content (AvgIpc) is 3.45. The highest BCUT2D eigenvalue weighted by molar-refractivity contribution is 7.09. The number of thiazole rings is 1. The minimum Gasteiger partial charge on any atom is -0.346 e. The molecular formula is C25H20ClN3O2S. The van der Waals surface area contributed by atoms with Crippen LogP contribution >= 0.6 is 22.9 Å². The third-order valence-corrected chi connectivity index (χ3v) is 6.79. The van der Waals surface area contributed by atoms with Crippen molar-refractivity contribution in [3.05, 3.63) is 93.4 Å². The summed E-state index contributed by atoms with van der Waals surface area (Å²) in [5.41, 5.74) is 2.33. The molecule has 2 N–H and O–H groups in total. The van der Waals surface area contributed by atoms with E-state index in [2.05, 4.69) is 15.6 Å². The van der Waals surface area contributed by atoms with Crippen molar-refractivity contribution in [3.63, 3.8) is 0 Å². The summed E-state index contributed by atoms with van der Waals surface area (Å²) in [5.74, 6) is -0.145. The average molecular weight is 462 g/mol. The summed E-state index contributed by atoms with van der Waals surface area (Å²) in [6, 6.07) is 19.0. The van der Waals surface area contributed by atoms with Crippen LogP contribution in [0.2, 0.25) is 5.02 Å². The van der Waals surface area contributed by atoms with Crippen LogP contribution in [-0.4, -0.2) is 16.8 Å². The number of fused-ring (bicyclic) bond motifs is 1. The molecule has 1 heterocycles. The second-order valence-corrected chi connectivity index (χ2v) is 9.23. The van der Waals surface area contributed by atoms with Crippen molar-refractivity contribution in [2.75, 3.05) is 5.32 Å². The Hall–Kier alpha value is -3.22. The number of halogens is 1. The van der Waals surface area contributed by atoms with E-state index in [1.165, 1.54) is 11.3 Å². The Balaban J connectivity index is 1.23. The molecule has 0 unspecified atom stereocenters. The number of nitrogens with zero attached hydrogens (tertiary/aromatic N) is 1. The van der Waals surface area contributed by atoms with Gasteiger partial charge in [-0.25, -0.2) is 4.98 Å². The molecule has 4 aromatic rings. The molecule has 0 aliphatic heterocycles. The van der Waals surface area contributed by atoms with Gasteiger partial charge in [-0.2, -0.15) is 0 Å². The van der Waals surface area contributed by atoms with Gasteiger partial charge in [0.2, 0.25) is 5.91 Å². The summed E-state index contributed by atoms with van der Waals surface area (Å²) < 4.78 is 0. The highest BCUT2D eigenvalue weighted by Gasteiger charge is 2.44. The molecule has 5 rings (SSSR count). The van der Waals surface area contributed by atoms with Gasteiger partial charge in [0, 0.05) is 39.2 Å². The van der Waals surface area contributed by atoms with Crippen LogP contribution in [0.25, 0.3) is 10.8 Å². The number of amides is 2. The smallest absolute Gasteiger partial charge is 0.251 e. The normalized spacial score (nSPS) is 17.2. The lowest BCUT2D eigenvalue weighted by molar-refractivity contribution is -0.117. The number of carbonyl (C=O) groups is 2. The van der Waals surface area contributed by atoms with Crippen LogP contribution in [0.15, 0.2) is 72.2 Å². The molecule has 1 aliphatic carbocycles. The van der Waals surface area contributed by atoms with E-state index in [-0.39, 0.29) is 23.7 Å². The van der Waals surface area contributed by atoms with Gasteiger partial charge >= 0.3 is 0 Å². The van der Waals surface area contributed by atoms with Gasteiger partial charge in [-0.05, 0) is 53.6 Å². The van der Waals surface area contributed by atoms with Gasteiger partial charge in [-0.3, -0.25) is 9.59 Å². The highest BCUT2D eigenvalue weighted by atomic mass is 35.5.